The fourth-order valence-electron chi connectivity index (χ4n) is 1.12. The maximum Gasteiger partial charge on any atom is 0.503 e. The van der Waals surface area contributed by atoms with Crippen LogP contribution in [0.5, 0.6) is 0 Å². The van der Waals surface area contributed by atoms with E-state index in [1.165, 1.54) is 0 Å². The topological polar surface area (TPSA) is 69.6 Å². The van der Waals surface area contributed by atoms with Gasteiger partial charge in [0.05, 0.1) is 0 Å². The Bertz CT molecular complexity index is 144. The van der Waals surface area contributed by atoms with Crippen LogP contribution in [0, 0.1) is 0 Å². The molecule has 13 heavy (non-hydrogen) atoms. The Balaban J connectivity index is 0. The molecule has 0 aliphatic carbocycles. The van der Waals surface area contributed by atoms with Gasteiger partial charge in [0.2, 0.25) is 0 Å². The second-order valence-electron chi connectivity index (χ2n) is 4.91. The molecule has 0 aromatic carbocycles. The van der Waals surface area contributed by atoms with E-state index in [-0.39, 0.29) is 0 Å². The van der Waals surface area contributed by atoms with Gasteiger partial charge in [0, 0.05) is 0 Å². The molecule has 0 saturated heterocycles. The zero-order valence-corrected chi connectivity index (χ0v) is 11.3. The summed E-state index contributed by atoms with van der Waals surface area (Å²) in [6.45, 7) is 14.1. The summed E-state index contributed by atoms with van der Waals surface area (Å²) in [4.78, 5) is 8.56. The van der Waals surface area contributed by atoms with Crippen molar-refractivity contribution >= 4 is 22.6 Å². The second-order valence-corrected chi connectivity index (χ2v) is 14.9. The lowest BCUT2D eigenvalue weighted by Crippen LogP contribution is -2.55. The van der Waals surface area contributed by atoms with E-state index in [2.05, 4.69) is 43.9 Å². The van der Waals surface area contributed by atoms with Crippen LogP contribution in [0.25, 0.3) is 0 Å². The first-order chi connectivity index (χ1) is 5.44. The van der Waals surface area contributed by atoms with Crippen LogP contribution < -0.4 is 4.65 Å². The summed E-state index contributed by atoms with van der Waals surface area (Å²) < 4.78 is 3.74. The van der Waals surface area contributed by atoms with Gasteiger partial charge in [-0.3, -0.25) is 0 Å². The number of hydrogen-bond donors (Lipinski definition) is 3. The molecule has 0 saturated carbocycles. The van der Waals surface area contributed by atoms with Crippen LogP contribution in [0.15, 0.2) is 0 Å². The van der Waals surface area contributed by atoms with Gasteiger partial charge in [0.15, 0.2) is 0 Å². The van der Waals surface area contributed by atoms with Gasteiger partial charge >= 0.3 is 6.16 Å². The molecule has 0 atom stereocenters. The van der Waals surface area contributed by atoms with E-state index in [4.69, 9.17) is 15.0 Å². The van der Waals surface area contributed by atoms with Crippen LogP contribution in [0.1, 0.15) is 0 Å². The van der Waals surface area contributed by atoms with Gasteiger partial charge in [0.1, 0.15) is 16.5 Å². The largest absolute Gasteiger partial charge is 0.503 e. The Hall–Kier alpha value is -0.336. The highest BCUT2D eigenvalue weighted by Gasteiger charge is 2.22. The molecule has 0 bridgehead atoms. The average Bonchev–Trinajstić information content (AvgIpc) is 1.47. The summed E-state index contributed by atoms with van der Waals surface area (Å²) in [5.74, 6) is 0. The lowest BCUT2D eigenvalue weighted by Gasteiger charge is -2.28. The molecule has 0 aliphatic rings. The Morgan fingerprint density at radius 1 is 0.923 bits per heavy atom. The van der Waals surface area contributed by atoms with Gasteiger partial charge in [-0.1, -0.05) is 39.3 Å². The van der Waals surface area contributed by atoms with Crippen molar-refractivity contribution in [3.8, 4) is 0 Å². The molecule has 0 heterocycles. The van der Waals surface area contributed by atoms with Crippen LogP contribution in [0.2, 0.25) is 39.3 Å². The SMILES string of the molecule is C[Si](C)(C)N[Si](C)(C)C.O=C(O)O. The van der Waals surface area contributed by atoms with Crippen molar-refractivity contribution in [2.24, 2.45) is 0 Å². The Labute approximate surface area is 82.2 Å². The lowest BCUT2D eigenvalue weighted by molar-refractivity contribution is 0.137. The molecule has 0 amide bonds. The van der Waals surface area contributed by atoms with Crippen LogP contribution >= 0.6 is 0 Å². The average molecular weight is 223 g/mol. The number of rotatable bonds is 2. The third-order valence-corrected chi connectivity index (χ3v) is 6.75. The molecule has 0 unspecified atom stereocenters. The summed E-state index contributed by atoms with van der Waals surface area (Å²) in [5, 5.41) is 13.9. The highest BCUT2D eigenvalue weighted by molar-refractivity contribution is 6.90. The quantitative estimate of drug-likeness (QED) is 0.629. The number of nitrogens with one attached hydrogen (secondary N) is 1. The molecule has 0 aromatic rings. The van der Waals surface area contributed by atoms with E-state index in [0.717, 1.165) is 0 Å². The lowest BCUT2D eigenvalue weighted by atomic mass is 11.5. The minimum absolute atomic E-state index is 0.981. The first-order valence-electron chi connectivity index (χ1n) is 4.15. The van der Waals surface area contributed by atoms with Gasteiger partial charge in [-0.2, -0.15) is 0 Å². The van der Waals surface area contributed by atoms with Crippen LogP contribution in [-0.2, 0) is 0 Å². The molecule has 3 N–H and O–H groups in total. The first kappa shape index (κ1) is 15.2. The summed E-state index contributed by atoms with van der Waals surface area (Å²) in [7, 11) is -1.96. The zero-order valence-electron chi connectivity index (χ0n) is 9.30. The van der Waals surface area contributed by atoms with Crippen molar-refractivity contribution in [3.63, 3.8) is 0 Å². The van der Waals surface area contributed by atoms with Crippen molar-refractivity contribution < 1.29 is 15.0 Å². The van der Waals surface area contributed by atoms with Crippen molar-refractivity contribution in [1.82, 2.24) is 4.65 Å². The second kappa shape index (κ2) is 5.41. The fraction of sp³-hybridized carbons (Fsp3) is 0.857. The molecule has 0 spiro atoms. The highest BCUT2D eigenvalue weighted by Crippen LogP contribution is 2.02. The molecule has 0 aromatic heterocycles. The van der Waals surface area contributed by atoms with E-state index >= 15 is 0 Å². The normalized spacial score (nSPS) is 11.5. The van der Waals surface area contributed by atoms with E-state index in [1.807, 2.05) is 0 Å². The van der Waals surface area contributed by atoms with Gasteiger partial charge in [-0.05, 0) is 0 Å². The Morgan fingerprint density at radius 3 is 1.08 bits per heavy atom. The molecule has 0 fully saturated rings. The number of carbonyl (C=O) groups is 1. The minimum Gasteiger partial charge on any atom is -0.450 e. The highest BCUT2D eigenvalue weighted by atomic mass is 28.4. The molecule has 80 valence electrons. The van der Waals surface area contributed by atoms with Crippen LogP contribution in [0.3, 0.4) is 0 Å². The predicted octanol–water partition coefficient (Wildman–Crippen LogP) is 2.47. The van der Waals surface area contributed by atoms with Gasteiger partial charge in [-0.15, -0.1) is 0 Å². The fourth-order valence-corrected chi connectivity index (χ4v) is 10.1. The third-order valence-electron chi connectivity index (χ3n) is 0.750. The molecule has 0 aliphatic heterocycles. The third kappa shape index (κ3) is 34.0. The van der Waals surface area contributed by atoms with Crippen LogP contribution in [0.4, 0.5) is 4.79 Å². The Morgan fingerprint density at radius 2 is 1.08 bits per heavy atom. The first-order valence-corrected chi connectivity index (χ1v) is 11.2. The van der Waals surface area contributed by atoms with E-state index in [1.54, 1.807) is 0 Å². The van der Waals surface area contributed by atoms with Gasteiger partial charge < -0.3 is 14.9 Å². The predicted molar refractivity (Wildman–Crippen MR) is 60.5 cm³/mol. The van der Waals surface area contributed by atoms with Crippen molar-refractivity contribution in [1.29, 1.82) is 0 Å². The molecule has 0 rings (SSSR count). The summed E-state index contributed by atoms with van der Waals surface area (Å²) >= 11 is 0. The molecular formula is C7H21NO3Si2. The molecule has 0 radical (unpaired) electrons. The van der Waals surface area contributed by atoms with Crippen LogP contribution in [-0.4, -0.2) is 32.8 Å². The number of hydrogen-bond acceptors (Lipinski definition) is 2. The molecule has 6 heteroatoms. The standard InChI is InChI=1S/C6H19NSi2.CH2O3/c1-8(2,3)7-9(4,5)6;2-1(3)4/h7H,1-6H3;(H2,2,3,4). The van der Waals surface area contributed by atoms with E-state index in [0.29, 0.717) is 0 Å². The smallest absolute Gasteiger partial charge is 0.450 e. The van der Waals surface area contributed by atoms with Crippen molar-refractivity contribution in [2.45, 2.75) is 39.3 Å². The van der Waals surface area contributed by atoms with Gasteiger partial charge in [0.25, 0.3) is 0 Å². The maximum absolute atomic E-state index is 8.56. The summed E-state index contributed by atoms with van der Waals surface area (Å²) in [6, 6.07) is 0. The molecule has 4 nitrogen and oxygen atoms in total. The molecular weight excluding hydrogens is 202 g/mol. The monoisotopic (exact) mass is 223 g/mol. The van der Waals surface area contributed by atoms with Gasteiger partial charge in [-0.25, -0.2) is 4.79 Å². The minimum atomic E-state index is -1.83. The zero-order chi connectivity index (χ0) is 11.3. The van der Waals surface area contributed by atoms with Crippen molar-refractivity contribution in [2.75, 3.05) is 0 Å². The van der Waals surface area contributed by atoms with E-state index in [9.17, 15) is 0 Å². The maximum atomic E-state index is 8.56. The summed E-state index contributed by atoms with van der Waals surface area (Å²) in [5.41, 5.74) is 0. The number of carboxylic acid groups (broad SMARTS) is 2. The van der Waals surface area contributed by atoms with E-state index < -0.39 is 22.6 Å². The Kier molecular flexibility index (Phi) is 6.30. The van der Waals surface area contributed by atoms with Crippen molar-refractivity contribution in [3.05, 3.63) is 0 Å². The summed E-state index contributed by atoms with van der Waals surface area (Å²) in [6.07, 6.45) is -1.83.